The van der Waals surface area contributed by atoms with Crippen molar-refractivity contribution in [1.29, 1.82) is 0 Å². The molecule has 4 rings (SSSR count). The fourth-order valence-electron chi connectivity index (χ4n) is 3.56. The van der Waals surface area contributed by atoms with E-state index in [-0.39, 0.29) is 22.3 Å². The zero-order valence-electron chi connectivity index (χ0n) is 18.4. The SMILES string of the molecule is O=C(Nc1ccccc1OCC1CCCCO1)c1cccc(S(=O)(=O)Nc2ccccc2F)c1. The van der Waals surface area contributed by atoms with Crippen LogP contribution in [0.4, 0.5) is 15.8 Å². The molecule has 0 aliphatic carbocycles. The highest BCUT2D eigenvalue weighted by Crippen LogP contribution is 2.26. The quantitative estimate of drug-likeness (QED) is 0.478. The minimum atomic E-state index is -4.10. The third-order valence-electron chi connectivity index (χ3n) is 5.36. The van der Waals surface area contributed by atoms with Crippen molar-refractivity contribution in [3.8, 4) is 5.75 Å². The number of hydrogen-bond donors (Lipinski definition) is 2. The normalized spacial score (nSPS) is 16.0. The van der Waals surface area contributed by atoms with Gasteiger partial charge in [0.1, 0.15) is 18.2 Å². The number of para-hydroxylation sites is 3. The van der Waals surface area contributed by atoms with Gasteiger partial charge in [-0.3, -0.25) is 9.52 Å². The smallest absolute Gasteiger partial charge is 0.262 e. The van der Waals surface area contributed by atoms with Crippen LogP contribution in [-0.4, -0.2) is 33.6 Å². The summed E-state index contributed by atoms with van der Waals surface area (Å²) >= 11 is 0. The maximum Gasteiger partial charge on any atom is 0.262 e. The molecule has 0 aromatic heterocycles. The van der Waals surface area contributed by atoms with Crippen LogP contribution in [-0.2, 0) is 14.8 Å². The minimum Gasteiger partial charge on any atom is -0.489 e. The fraction of sp³-hybridized carbons (Fsp3) is 0.240. The molecule has 1 atom stereocenters. The molecular weight excluding hydrogens is 459 g/mol. The zero-order chi connectivity index (χ0) is 24.0. The summed E-state index contributed by atoms with van der Waals surface area (Å²) in [5.74, 6) is -0.710. The molecule has 1 aliphatic heterocycles. The zero-order valence-corrected chi connectivity index (χ0v) is 19.2. The van der Waals surface area contributed by atoms with Gasteiger partial charge in [-0.15, -0.1) is 0 Å². The predicted octanol–water partition coefficient (Wildman–Crippen LogP) is 4.83. The van der Waals surface area contributed by atoms with Crippen LogP contribution in [0.5, 0.6) is 5.75 Å². The Morgan fingerprint density at radius 3 is 2.53 bits per heavy atom. The fourth-order valence-corrected chi connectivity index (χ4v) is 4.68. The van der Waals surface area contributed by atoms with Gasteiger partial charge >= 0.3 is 0 Å². The minimum absolute atomic E-state index is 0.0151. The van der Waals surface area contributed by atoms with E-state index in [1.807, 2.05) is 0 Å². The Balaban J connectivity index is 1.47. The van der Waals surface area contributed by atoms with E-state index in [2.05, 4.69) is 10.0 Å². The highest BCUT2D eigenvalue weighted by molar-refractivity contribution is 7.92. The van der Waals surface area contributed by atoms with E-state index in [9.17, 15) is 17.6 Å². The molecule has 34 heavy (non-hydrogen) atoms. The van der Waals surface area contributed by atoms with E-state index in [1.54, 1.807) is 24.3 Å². The lowest BCUT2D eigenvalue weighted by Crippen LogP contribution is -2.26. The Morgan fingerprint density at radius 2 is 1.76 bits per heavy atom. The van der Waals surface area contributed by atoms with Crippen LogP contribution < -0.4 is 14.8 Å². The van der Waals surface area contributed by atoms with Crippen LogP contribution in [0.15, 0.2) is 77.7 Å². The van der Waals surface area contributed by atoms with Gasteiger partial charge in [0.05, 0.1) is 22.4 Å². The summed E-state index contributed by atoms with van der Waals surface area (Å²) in [6.07, 6.45) is 3.09. The largest absolute Gasteiger partial charge is 0.489 e. The van der Waals surface area contributed by atoms with Crippen molar-refractivity contribution < 1.29 is 27.1 Å². The number of anilines is 2. The number of hydrogen-bond acceptors (Lipinski definition) is 5. The molecule has 1 unspecified atom stereocenters. The number of sulfonamides is 1. The highest BCUT2D eigenvalue weighted by Gasteiger charge is 2.19. The van der Waals surface area contributed by atoms with Gasteiger partial charge in [0.15, 0.2) is 0 Å². The van der Waals surface area contributed by atoms with Crippen molar-refractivity contribution in [3.63, 3.8) is 0 Å². The van der Waals surface area contributed by atoms with Crippen LogP contribution in [0, 0.1) is 5.82 Å². The molecule has 9 heteroatoms. The van der Waals surface area contributed by atoms with Crippen LogP contribution in [0.2, 0.25) is 0 Å². The average molecular weight is 485 g/mol. The third kappa shape index (κ3) is 5.92. The molecular formula is C25H25FN2O5S. The summed E-state index contributed by atoms with van der Waals surface area (Å²) in [6.45, 7) is 1.10. The van der Waals surface area contributed by atoms with Crippen LogP contribution >= 0.6 is 0 Å². The molecule has 0 spiro atoms. The molecule has 1 fully saturated rings. The number of benzene rings is 3. The summed E-state index contributed by atoms with van der Waals surface area (Å²) < 4.78 is 53.1. The first-order valence-corrected chi connectivity index (χ1v) is 12.4. The van der Waals surface area contributed by atoms with Crippen molar-refractivity contribution >= 4 is 27.3 Å². The monoisotopic (exact) mass is 484 g/mol. The molecule has 0 saturated carbocycles. The van der Waals surface area contributed by atoms with E-state index < -0.39 is 21.7 Å². The molecule has 3 aromatic rings. The predicted molar refractivity (Wildman–Crippen MR) is 127 cm³/mol. The molecule has 2 N–H and O–H groups in total. The summed E-state index contributed by atoms with van der Waals surface area (Å²) in [7, 11) is -4.10. The Bertz CT molecular complexity index is 1260. The van der Waals surface area contributed by atoms with Crippen molar-refractivity contribution in [2.45, 2.75) is 30.3 Å². The first kappa shape index (κ1) is 23.7. The number of carbonyl (C=O) groups is 1. The van der Waals surface area contributed by atoms with Crippen LogP contribution in [0.25, 0.3) is 0 Å². The molecule has 178 valence electrons. The first-order valence-electron chi connectivity index (χ1n) is 10.9. The average Bonchev–Trinajstić information content (AvgIpc) is 2.85. The van der Waals surface area contributed by atoms with Gasteiger partial charge in [0, 0.05) is 12.2 Å². The third-order valence-corrected chi connectivity index (χ3v) is 6.72. The molecule has 7 nitrogen and oxygen atoms in total. The number of carbonyl (C=O) groups excluding carboxylic acids is 1. The van der Waals surface area contributed by atoms with Gasteiger partial charge < -0.3 is 14.8 Å². The second-order valence-corrected chi connectivity index (χ2v) is 9.55. The Kier molecular flexibility index (Phi) is 7.44. The van der Waals surface area contributed by atoms with Crippen molar-refractivity contribution in [3.05, 3.63) is 84.2 Å². The van der Waals surface area contributed by atoms with Gasteiger partial charge in [-0.25, -0.2) is 12.8 Å². The van der Waals surface area contributed by atoms with Gasteiger partial charge in [-0.2, -0.15) is 0 Å². The maximum absolute atomic E-state index is 13.9. The van der Waals surface area contributed by atoms with Gasteiger partial charge in [-0.1, -0.05) is 30.3 Å². The van der Waals surface area contributed by atoms with Crippen molar-refractivity contribution in [2.24, 2.45) is 0 Å². The topological polar surface area (TPSA) is 93.7 Å². The number of nitrogens with one attached hydrogen (secondary N) is 2. The molecule has 3 aromatic carbocycles. The van der Waals surface area contributed by atoms with Crippen molar-refractivity contribution in [2.75, 3.05) is 23.3 Å². The molecule has 0 bridgehead atoms. The van der Waals surface area contributed by atoms with Crippen LogP contribution in [0.1, 0.15) is 29.6 Å². The summed E-state index contributed by atoms with van der Waals surface area (Å²) in [5, 5.41) is 2.77. The lowest BCUT2D eigenvalue weighted by molar-refractivity contribution is -0.0109. The maximum atomic E-state index is 13.9. The molecule has 1 aliphatic rings. The lowest BCUT2D eigenvalue weighted by Gasteiger charge is -2.23. The summed E-state index contributed by atoms with van der Waals surface area (Å²) in [5.41, 5.74) is 0.410. The highest BCUT2D eigenvalue weighted by atomic mass is 32.2. The standard InChI is InChI=1S/C25H25FN2O5S/c26-21-11-1-2-12-22(21)28-34(30,31)20-10-7-8-18(16-20)25(29)27-23-13-3-4-14-24(23)33-17-19-9-5-6-15-32-19/h1-4,7-8,10-14,16,19,28H,5-6,9,15,17H2,(H,27,29). The number of amides is 1. The Labute approximate surface area is 198 Å². The number of ether oxygens (including phenoxy) is 2. The van der Waals surface area contributed by atoms with E-state index in [0.29, 0.717) is 18.0 Å². The van der Waals surface area contributed by atoms with Crippen molar-refractivity contribution in [1.82, 2.24) is 0 Å². The van der Waals surface area contributed by atoms with Gasteiger partial charge in [0.2, 0.25) is 0 Å². The lowest BCUT2D eigenvalue weighted by atomic mass is 10.1. The molecule has 1 saturated heterocycles. The van der Waals surface area contributed by atoms with E-state index >= 15 is 0 Å². The molecule has 1 heterocycles. The second kappa shape index (κ2) is 10.7. The Hall–Kier alpha value is -3.43. The summed E-state index contributed by atoms with van der Waals surface area (Å²) in [6, 6.07) is 18.0. The second-order valence-electron chi connectivity index (χ2n) is 7.86. The van der Waals surface area contributed by atoms with Gasteiger partial charge in [0.25, 0.3) is 15.9 Å². The van der Waals surface area contributed by atoms with Gasteiger partial charge in [-0.05, 0) is 61.7 Å². The van der Waals surface area contributed by atoms with E-state index in [1.165, 1.54) is 42.5 Å². The number of rotatable bonds is 8. The summed E-state index contributed by atoms with van der Waals surface area (Å²) in [4.78, 5) is 12.7. The molecule has 1 amide bonds. The number of halogens is 1. The van der Waals surface area contributed by atoms with E-state index in [0.717, 1.165) is 31.9 Å². The van der Waals surface area contributed by atoms with Crippen LogP contribution in [0.3, 0.4) is 0 Å². The Morgan fingerprint density at radius 1 is 1.00 bits per heavy atom. The first-order chi connectivity index (χ1) is 16.4. The molecule has 0 radical (unpaired) electrons. The van der Waals surface area contributed by atoms with E-state index in [4.69, 9.17) is 9.47 Å².